The molecule has 0 amide bonds. The Hall–Kier alpha value is -1.49. The molecule has 0 heterocycles. The highest BCUT2D eigenvalue weighted by molar-refractivity contribution is 7.91. The molecule has 0 spiro atoms. The third kappa shape index (κ3) is 7.10. The van der Waals surface area contributed by atoms with Gasteiger partial charge in [0.2, 0.25) is 0 Å². The number of alkyl halides is 6. The Labute approximate surface area is 141 Å². The average Bonchev–Trinajstić information content (AvgIpc) is 2.51. The molecule has 1 aromatic carbocycles. The van der Waals surface area contributed by atoms with Crippen LogP contribution in [0.25, 0.3) is 0 Å². The van der Waals surface area contributed by atoms with Crippen molar-refractivity contribution in [3.05, 3.63) is 29.8 Å². The molecule has 0 aliphatic carbocycles. The summed E-state index contributed by atoms with van der Waals surface area (Å²) in [6.45, 7) is 1.91. The van der Waals surface area contributed by atoms with Gasteiger partial charge in [0.15, 0.2) is 9.84 Å². The zero-order valence-corrected chi connectivity index (χ0v) is 13.9. The molecule has 11 heteroatoms. The van der Waals surface area contributed by atoms with Crippen molar-refractivity contribution < 1.29 is 39.5 Å². The molecule has 0 saturated carbocycles. The maximum Gasteiger partial charge on any atom is 0.439 e. The van der Waals surface area contributed by atoms with Gasteiger partial charge >= 0.3 is 12.3 Å². The van der Waals surface area contributed by atoms with Crippen molar-refractivity contribution in [2.75, 3.05) is 18.1 Å². The third-order valence-corrected chi connectivity index (χ3v) is 4.82. The summed E-state index contributed by atoms with van der Waals surface area (Å²) >= 11 is 0. The van der Waals surface area contributed by atoms with Gasteiger partial charge < -0.3 is 10.1 Å². The van der Waals surface area contributed by atoms with Crippen molar-refractivity contribution in [2.45, 2.75) is 31.9 Å². The molecule has 25 heavy (non-hydrogen) atoms. The van der Waals surface area contributed by atoms with E-state index in [0.29, 0.717) is 5.56 Å². The van der Waals surface area contributed by atoms with Gasteiger partial charge in [-0.3, -0.25) is 0 Å². The molecule has 1 N–H and O–H groups in total. The van der Waals surface area contributed by atoms with Gasteiger partial charge in [-0.25, -0.2) is 12.8 Å². The van der Waals surface area contributed by atoms with Crippen LogP contribution >= 0.6 is 0 Å². The van der Waals surface area contributed by atoms with E-state index in [9.17, 15) is 34.8 Å². The first kappa shape index (κ1) is 21.6. The monoisotopic (exact) mass is 393 g/mol. The highest BCUT2D eigenvalue weighted by atomic mass is 32.2. The molecule has 1 unspecified atom stereocenters. The first-order valence-corrected chi connectivity index (χ1v) is 8.97. The summed E-state index contributed by atoms with van der Waals surface area (Å²) in [5.41, 5.74) is 0.553. The minimum Gasteiger partial charge on any atom is -0.430 e. The topological polar surface area (TPSA) is 55.4 Å². The number of rotatable bonds is 9. The zero-order valence-electron chi connectivity index (χ0n) is 13.1. The lowest BCUT2D eigenvalue weighted by Gasteiger charge is -2.23. The smallest absolute Gasteiger partial charge is 0.430 e. The highest BCUT2D eigenvalue weighted by Gasteiger charge is 2.59. The Morgan fingerprint density at radius 2 is 1.68 bits per heavy atom. The maximum atomic E-state index is 13.1. The zero-order chi connectivity index (χ0) is 19.3. The molecule has 1 rings (SSSR count). The van der Waals surface area contributed by atoms with Crippen LogP contribution in [0.2, 0.25) is 0 Å². The molecule has 0 aliphatic rings. The van der Waals surface area contributed by atoms with Gasteiger partial charge in [-0.2, -0.15) is 22.0 Å². The van der Waals surface area contributed by atoms with Crippen molar-refractivity contribution >= 4 is 9.84 Å². The molecule has 0 fully saturated rings. The minimum absolute atomic E-state index is 0.0163. The summed E-state index contributed by atoms with van der Waals surface area (Å²) in [4.78, 5) is 0. The van der Waals surface area contributed by atoms with E-state index in [0.717, 1.165) is 12.1 Å². The number of nitrogens with one attached hydrogen (secondary N) is 1. The molecule has 0 radical (unpaired) electrons. The Kier molecular flexibility index (Phi) is 7.12. The summed E-state index contributed by atoms with van der Waals surface area (Å²) in [5, 5.41) is 2.82. The van der Waals surface area contributed by atoms with Crippen LogP contribution in [0.3, 0.4) is 0 Å². The number of hydrogen-bond acceptors (Lipinski definition) is 4. The number of sulfone groups is 1. The van der Waals surface area contributed by atoms with Gasteiger partial charge in [0.25, 0.3) is 6.17 Å². The van der Waals surface area contributed by atoms with Crippen LogP contribution in [-0.4, -0.2) is 44.9 Å². The van der Waals surface area contributed by atoms with Crippen LogP contribution < -0.4 is 10.1 Å². The Morgan fingerprint density at radius 1 is 1.12 bits per heavy atom. The van der Waals surface area contributed by atoms with E-state index in [2.05, 4.69) is 10.1 Å². The fraction of sp³-hybridized carbons (Fsp3) is 0.571. The van der Waals surface area contributed by atoms with Crippen LogP contribution in [-0.2, 0) is 16.4 Å². The molecular weight excluding hydrogens is 376 g/mol. The van der Waals surface area contributed by atoms with Gasteiger partial charge in [-0.1, -0.05) is 19.1 Å². The van der Waals surface area contributed by atoms with Crippen LogP contribution in [0.4, 0.5) is 26.3 Å². The third-order valence-electron chi connectivity index (χ3n) is 3.12. The number of halogens is 6. The summed E-state index contributed by atoms with van der Waals surface area (Å²) in [6.07, 6.45) is -15.2. The molecule has 0 saturated heterocycles. The quantitative estimate of drug-likeness (QED) is 0.518. The first-order chi connectivity index (χ1) is 11.4. The van der Waals surface area contributed by atoms with Gasteiger partial charge in [0.1, 0.15) is 5.75 Å². The van der Waals surface area contributed by atoms with Crippen LogP contribution in [0.15, 0.2) is 24.3 Å². The lowest BCUT2D eigenvalue weighted by atomic mass is 10.2. The Balaban J connectivity index is 2.56. The Morgan fingerprint density at radius 3 is 2.16 bits per heavy atom. The average molecular weight is 393 g/mol. The van der Waals surface area contributed by atoms with Crippen molar-refractivity contribution in [1.29, 1.82) is 0 Å². The lowest BCUT2D eigenvalue weighted by molar-refractivity contribution is -0.304. The largest absolute Gasteiger partial charge is 0.439 e. The van der Waals surface area contributed by atoms with Crippen LogP contribution in [0, 0.1) is 0 Å². The second-order valence-electron chi connectivity index (χ2n) is 5.13. The van der Waals surface area contributed by atoms with Crippen molar-refractivity contribution in [2.24, 2.45) is 0 Å². The Bertz CT molecular complexity index is 646. The minimum atomic E-state index is -5.74. The fourth-order valence-electron chi connectivity index (χ4n) is 1.68. The van der Waals surface area contributed by atoms with Gasteiger partial charge in [0, 0.05) is 18.8 Å². The van der Waals surface area contributed by atoms with Gasteiger partial charge in [-0.05, 0) is 17.7 Å². The molecular formula is C14H17F6NO3S. The molecule has 1 aromatic rings. The van der Waals surface area contributed by atoms with E-state index in [1.165, 1.54) is 19.1 Å². The number of hydrogen-bond donors (Lipinski definition) is 1. The van der Waals surface area contributed by atoms with Gasteiger partial charge in [0.05, 0.1) is 5.75 Å². The van der Waals surface area contributed by atoms with E-state index in [-0.39, 0.29) is 24.6 Å². The van der Waals surface area contributed by atoms with E-state index in [1.54, 1.807) is 0 Å². The molecule has 1 atom stereocenters. The fourth-order valence-corrected chi connectivity index (χ4v) is 2.42. The van der Waals surface area contributed by atoms with E-state index in [1.807, 2.05) is 0 Å². The second kappa shape index (κ2) is 8.26. The van der Waals surface area contributed by atoms with Crippen molar-refractivity contribution in [3.63, 3.8) is 0 Å². The normalized spacial score (nSPS) is 14.4. The second-order valence-corrected chi connectivity index (χ2v) is 7.60. The molecule has 0 aliphatic heterocycles. The summed E-state index contributed by atoms with van der Waals surface area (Å²) in [7, 11) is -3.11. The van der Waals surface area contributed by atoms with Crippen LogP contribution in [0.5, 0.6) is 5.75 Å². The predicted molar refractivity (Wildman–Crippen MR) is 79.0 cm³/mol. The van der Waals surface area contributed by atoms with Gasteiger partial charge in [-0.15, -0.1) is 0 Å². The van der Waals surface area contributed by atoms with Crippen LogP contribution in [0.1, 0.15) is 12.5 Å². The SMILES string of the molecule is CCS(=O)(=O)CCNCc1ccc(OC(F)(F)C(F)C(F)(F)F)cc1. The van der Waals surface area contributed by atoms with Crippen molar-refractivity contribution in [1.82, 2.24) is 5.32 Å². The molecule has 0 bridgehead atoms. The standard InChI is InChI=1S/C14H17F6NO3S/c1-2-25(22,23)8-7-21-9-10-3-5-11(6-4-10)24-14(19,20)12(15)13(16,17)18/h3-6,12,21H,2,7-9H2,1H3. The summed E-state index contributed by atoms with van der Waals surface area (Å²) in [5.74, 6) is -0.677. The highest BCUT2D eigenvalue weighted by Crippen LogP contribution is 2.36. The number of benzene rings is 1. The molecule has 144 valence electrons. The summed E-state index contributed by atoms with van der Waals surface area (Å²) < 4.78 is 101. The van der Waals surface area contributed by atoms with E-state index < -0.39 is 34.0 Å². The summed E-state index contributed by atoms with van der Waals surface area (Å²) in [6, 6.07) is 4.51. The van der Waals surface area contributed by atoms with E-state index >= 15 is 0 Å². The molecule has 0 aromatic heterocycles. The van der Waals surface area contributed by atoms with E-state index in [4.69, 9.17) is 0 Å². The lowest BCUT2D eigenvalue weighted by Crippen LogP contribution is -2.45. The molecule has 4 nitrogen and oxygen atoms in total. The predicted octanol–water partition coefficient (Wildman–Crippen LogP) is 3.08. The number of ether oxygens (including phenoxy) is 1. The first-order valence-electron chi connectivity index (χ1n) is 7.15. The van der Waals surface area contributed by atoms with Crippen molar-refractivity contribution in [3.8, 4) is 5.75 Å². The maximum absolute atomic E-state index is 13.1.